The van der Waals surface area contributed by atoms with Crippen LogP contribution >= 0.6 is 0 Å². The van der Waals surface area contributed by atoms with E-state index in [4.69, 9.17) is 23.7 Å². The number of unbranched alkanes of at least 4 members (excludes halogenated alkanes) is 9. The van der Waals surface area contributed by atoms with E-state index in [0.29, 0.717) is 6.61 Å². The van der Waals surface area contributed by atoms with Gasteiger partial charge in [-0.2, -0.15) is 0 Å². The van der Waals surface area contributed by atoms with Gasteiger partial charge in [-0.05, 0) is 38.5 Å². The van der Waals surface area contributed by atoms with Gasteiger partial charge in [-0.3, -0.25) is 0 Å². The molecule has 0 spiro atoms. The Bertz CT molecular complexity index is 812. The van der Waals surface area contributed by atoms with Crippen LogP contribution in [0.4, 0.5) is 0 Å². The van der Waals surface area contributed by atoms with Crippen LogP contribution in [0.5, 0.6) is 0 Å². The standard InChI is InChI=1S/C33H60O13/c1-2-3-4-5-6-7-8-9-10-11-12-13-14-15-16-17-18-42-20-23(35)21-43-32-31(41)29(39)27(37)25(46-32)22-44-33-30(40)28(38)26(36)24(19-34)45-33/h6-7,9-10,23-41H,2-5,8,11-22H2,1H3/b7-6-,10-9-/t23-,24-,25-,26+,27+,28+,29+,30-,31-,32-,33+/m1/s1. The third-order valence-electron chi connectivity index (χ3n) is 8.19. The molecule has 0 aliphatic carbocycles. The quantitative estimate of drug-likeness (QED) is 0.0532. The first-order chi connectivity index (χ1) is 22.2. The largest absolute Gasteiger partial charge is 0.394 e. The van der Waals surface area contributed by atoms with Crippen LogP contribution in [0, 0.1) is 0 Å². The van der Waals surface area contributed by atoms with E-state index < -0.39 is 80.7 Å². The van der Waals surface area contributed by atoms with Gasteiger partial charge < -0.3 is 64.5 Å². The molecule has 0 aromatic rings. The lowest BCUT2D eigenvalue weighted by atomic mass is 9.98. The summed E-state index contributed by atoms with van der Waals surface area (Å²) in [4.78, 5) is 0. The molecule has 2 heterocycles. The van der Waals surface area contributed by atoms with Crippen molar-refractivity contribution in [3.63, 3.8) is 0 Å². The van der Waals surface area contributed by atoms with Crippen molar-refractivity contribution in [3.05, 3.63) is 24.3 Å². The second kappa shape index (κ2) is 24.2. The Morgan fingerprint density at radius 3 is 1.78 bits per heavy atom. The van der Waals surface area contributed by atoms with Gasteiger partial charge in [-0.25, -0.2) is 0 Å². The summed E-state index contributed by atoms with van der Waals surface area (Å²) in [5.74, 6) is 0. The minimum Gasteiger partial charge on any atom is -0.394 e. The van der Waals surface area contributed by atoms with Crippen molar-refractivity contribution in [2.75, 3.05) is 33.0 Å². The van der Waals surface area contributed by atoms with E-state index in [2.05, 4.69) is 31.2 Å². The Kier molecular flexibility index (Phi) is 21.6. The van der Waals surface area contributed by atoms with Gasteiger partial charge in [-0.15, -0.1) is 0 Å². The molecule has 0 aromatic heterocycles. The zero-order valence-electron chi connectivity index (χ0n) is 27.3. The summed E-state index contributed by atoms with van der Waals surface area (Å²) < 4.78 is 27.2. The van der Waals surface area contributed by atoms with Gasteiger partial charge in [0.1, 0.15) is 54.9 Å². The van der Waals surface area contributed by atoms with E-state index in [9.17, 15) is 40.9 Å². The van der Waals surface area contributed by atoms with Gasteiger partial charge >= 0.3 is 0 Å². The molecule has 13 nitrogen and oxygen atoms in total. The summed E-state index contributed by atoms with van der Waals surface area (Å²) in [6.45, 7) is 1.35. The zero-order valence-corrected chi connectivity index (χ0v) is 27.3. The van der Waals surface area contributed by atoms with E-state index >= 15 is 0 Å². The molecule has 2 saturated heterocycles. The predicted molar refractivity (Wildman–Crippen MR) is 169 cm³/mol. The second-order valence-corrected chi connectivity index (χ2v) is 12.2. The molecular weight excluding hydrogens is 604 g/mol. The maximum absolute atomic E-state index is 10.3. The third kappa shape index (κ3) is 15.0. The highest BCUT2D eigenvalue weighted by Crippen LogP contribution is 2.26. The van der Waals surface area contributed by atoms with Crippen molar-refractivity contribution in [1.29, 1.82) is 0 Å². The second-order valence-electron chi connectivity index (χ2n) is 12.2. The van der Waals surface area contributed by atoms with Gasteiger partial charge in [0.2, 0.25) is 0 Å². The molecule has 270 valence electrons. The maximum atomic E-state index is 10.3. The molecule has 2 aliphatic rings. The molecule has 0 amide bonds. The Labute approximate surface area is 273 Å². The lowest BCUT2D eigenvalue weighted by Gasteiger charge is -2.42. The first-order valence-electron chi connectivity index (χ1n) is 17.0. The van der Waals surface area contributed by atoms with Crippen molar-refractivity contribution in [3.8, 4) is 0 Å². The lowest BCUT2D eigenvalue weighted by Crippen LogP contribution is -2.61. The van der Waals surface area contributed by atoms with Gasteiger partial charge in [0.05, 0.1) is 26.4 Å². The Hall–Kier alpha value is -1.04. The van der Waals surface area contributed by atoms with Crippen molar-refractivity contribution in [1.82, 2.24) is 0 Å². The van der Waals surface area contributed by atoms with E-state index in [-0.39, 0.29) is 13.2 Å². The number of hydrogen-bond donors (Lipinski definition) is 8. The lowest BCUT2D eigenvalue weighted by molar-refractivity contribution is -0.332. The summed E-state index contributed by atoms with van der Waals surface area (Å²) in [7, 11) is 0. The van der Waals surface area contributed by atoms with Crippen molar-refractivity contribution in [2.45, 2.75) is 151 Å². The molecule has 2 fully saturated rings. The number of aliphatic hydroxyl groups excluding tert-OH is 8. The number of rotatable bonds is 24. The van der Waals surface area contributed by atoms with Gasteiger partial charge in [-0.1, -0.05) is 69.8 Å². The molecule has 0 radical (unpaired) electrons. The highest BCUT2D eigenvalue weighted by atomic mass is 16.7. The molecule has 13 heteroatoms. The Balaban J connectivity index is 1.54. The van der Waals surface area contributed by atoms with Crippen LogP contribution in [0.15, 0.2) is 24.3 Å². The summed E-state index contributed by atoms with van der Waals surface area (Å²) in [5, 5.41) is 80.4. The smallest absolute Gasteiger partial charge is 0.186 e. The highest BCUT2D eigenvalue weighted by Gasteiger charge is 2.47. The fourth-order valence-electron chi connectivity index (χ4n) is 5.25. The first-order valence-corrected chi connectivity index (χ1v) is 17.0. The van der Waals surface area contributed by atoms with Gasteiger partial charge in [0.15, 0.2) is 12.6 Å². The summed E-state index contributed by atoms with van der Waals surface area (Å²) in [6.07, 6.45) is 6.74. The SMILES string of the molecule is CCCCC/C=C\C/C=C\CCCCCCCCOC[C@@H](O)CO[C@@H]1O[C@H](CO[C@H]2O[C@H](CO)[C@H](O)[C@H](O)[C@H]2O)[C@H](O)[C@H](O)[C@H]1O. The molecule has 11 atom stereocenters. The molecule has 2 rings (SSSR count). The minimum absolute atomic E-state index is 0.0118. The summed E-state index contributed by atoms with van der Waals surface area (Å²) in [6, 6.07) is 0. The van der Waals surface area contributed by atoms with Crippen LogP contribution in [-0.4, -0.2) is 141 Å². The zero-order chi connectivity index (χ0) is 33.7. The molecular formula is C33H60O13. The topological polar surface area (TPSA) is 208 Å². The monoisotopic (exact) mass is 664 g/mol. The van der Waals surface area contributed by atoms with Crippen LogP contribution in [-0.2, 0) is 23.7 Å². The van der Waals surface area contributed by atoms with Crippen molar-refractivity contribution >= 4 is 0 Å². The Morgan fingerprint density at radius 1 is 0.609 bits per heavy atom. The van der Waals surface area contributed by atoms with Crippen LogP contribution < -0.4 is 0 Å². The molecule has 8 N–H and O–H groups in total. The maximum Gasteiger partial charge on any atom is 0.186 e. The van der Waals surface area contributed by atoms with E-state index in [0.717, 1.165) is 32.1 Å². The van der Waals surface area contributed by atoms with Crippen molar-refractivity contribution in [2.24, 2.45) is 0 Å². The number of ether oxygens (including phenoxy) is 5. The minimum atomic E-state index is -1.67. The van der Waals surface area contributed by atoms with Crippen LogP contribution in [0.1, 0.15) is 84.0 Å². The number of allylic oxidation sites excluding steroid dienone is 4. The summed E-state index contributed by atoms with van der Waals surface area (Å²) in [5.41, 5.74) is 0. The average molecular weight is 665 g/mol. The fourth-order valence-corrected chi connectivity index (χ4v) is 5.25. The average Bonchev–Trinajstić information content (AvgIpc) is 3.05. The van der Waals surface area contributed by atoms with Crippen LogP contribution in [0.2, 0.25) is 0 Å². The number of hydrogen-bond acceptors (Lipinski definition) is 13. The van der Waals surface area contributed by atoms with E-state index in [1.807, 2.05) is 0 Å². The molecule has 2 aliphatic heterocycles. The normalized spacial score (nSPS) is 32.9. The molecule has 46 heavy (non-hydrogen) atoms. The van der Waals surface area contributed by atoms with E-state index in [1.165, 1.54) is 44.9 Å². The third-order valence-corrected chi connectivity index (χ3v) is 8.19. The molecule has 0 saturated carbocycles. The first kappa shape index (κ1) is 41.1. The molecule has 0 unspecified atom stereocenters. The van der Waals surface area contributed by atoms with Gasteiger partial charge in [0.25, 0.3) is 0 Å². The molecule has 0 bridgehead atoms. The van der Waals surface area contributed by atoms with E-state index in [1.54, 1.807) is 0 Å². The highest BCUT2D eigenvalue weighted by molar-refractivity contribution is 4.93. The number of aliphatic hydroxyl groups is 8. The van der Waals surface area contributed by atoms with Gasteiger partial charge in [0, 0.05) is 6.61 Å². The summed E-state index contributed by atoms with van der Waals surface area (Å²) >= 11 is 0. The molecule has 0 aromatic carbocycles. The Morgan fingerprint density at radius 2 is 1.15 bits per heavy atom. The predicted octanol–water partition coefficient (Wildman–Crippen LogP) is 0.818. The van der Waals surface area contributed by atoms with Crippen LogP contribution in [0.3, 0.4) is 0 Å². The van der Waals surface area contributed by atoms with Crippen molar-refractivity contribution < 1.29 is 64.5 Å². The fraction of sp³-hybridized carbons (Fsp3) is 0.879. The van der Waals surface area contributed by atoms with Crippen LogP contribution in [0.25, 0.3) is 0 Å².